The van der Waals surface area contributed by atoms with Gasteiger partial charge in [0.1, 0.15) is 0 Å². The summed E-state index contributed by atoms with van der Waals surface area (Å²) in [6.45, 7) is 2.45. The van der Waals surface area contributed by atoms with Gasteiger partial charge in [0.15, 0.2) is 0 Å². The first-order chi connectivity index (χ1) is 9.47. The Bertz CT molecular complexity index is 537. The highest BCUT2D eigenvalue weighted by Gasteiger charge is 2.17. The molecule has 0 aromatic heterocycles. The lowest BCUT2D eigenvalue weighted by Crippen LogP contribution is -2.33. The van der Waals surface area contributed by atoms with E-state index in [0.717, 1.165) is 32.4 Å². The molecule has 2 N–H and O–H groups in total. The van der Waals surface area contributed by atoms with Crippen molar-refractivity contribution in [2.45, 2.75) is 24.2 Å². The first-order valence-electron chi connectivity index (χ1n) is 6.64. The average Bonchev–Trinajstić information content (AvgIpc) is 2.38. The van der Waals surface area contributed by atoms with E-state index >= 15 is 0 Å². The van der Waals surface area contributed by atoms with E-state index in [4.69, 9.17) is 23.2 Å². The molecule has 1 aliphatic rings. The van der Waals surface area contributed by atoms with E-state index in [9.17, 15) is 8.42 Å². The molecule has 1 aromatic carbocycles. The molecule has 0 bridgehead atoms. The van der Waals surface area contributed by atoms with E-state index in [1.165, 1.54) is 18.2 Å². The first kappa shape index (κ1) is 16.0. The van der Waals surface area contributed by atoms with Crippen molar-refractivity contribution in [2.24, 2.45) is 5.92 Å². The predicted octanol–water partition coefficient (Wildman–Crippen LogP) is 2.66. The largest absolute Gasteiger partial charge is 0.316 e. The minimum atomic E-state index is -3.55. The minimum absolute atomic E-state index is 0.108. The standard InChI is InChI=1S/C13H18Cl2N2O2S/c14-11-6-12(15)8-13(7-11)20(18,19)17-5-3-10-2-1-4-16-9-10/h6-8,10,16-17H,1-5,9H2. The van der Waals surface area contributed by atoms with E-state index in [1.807, 2.05) is 0 Å². The predicted molar refractivity (Wildman–Crippen MR) is 81.9 cm³/mol. The molecular weight excluding hydrogens is 319 g/mol. The van der Waals surface area contributed by atoms with Crippen molar-refractivity contribution < 1.29 is 8.42 Å². The zero-order chi connectivity index (χ0) is 14.6. The fraction of sp³-hybridized carbons (Fsp3) is 0.538. The van der Waals surface area contributed by atoms with Crippen LogP contribution in [0.2, 0.25) is 10.0 Å². The van der Waals surface area contributed by atoms with Crippen LogP contribution < -0.4 is 10.0 Å². The van der Waals surface area contributed by atoms with Crippen LogP contribution in [0, 0.1) is 5.92 Å². The van der Waals surface area contributed by atoms with Gasteiger partial charge in [-0.25, -0.2) is 13.1 Å². The van der Waals surface area contributed by atoms with Gasteiger partial charge in [-0.1, -0.05) is 23.2 Å². The van der Waals surface area contributed by atoms with Gasteiger partial charge in [-0.15, -0.1) is 0 Å². The van der Waals surface area contributed by atoms with Gasteiger partial charge in [0.05, 0.1) is 4.90 Å². The Morgan fingerprint density at radius 2 is 1.95 bits per heavy atom. The molecule has 20 heavy (non-hydrogen) atoms. The van der Waals surface area contributed by atoms with Crippen molar-refractivity contribution in [2.75, 3.05) is 19.6 Å². The number of nitrogens with one attached hydrogen (secondary N) is 2. The molecule has 7 heteroatoms. The second-order valence-electron chi connectivity index (χ2n) is 5.00. The van der Waals surface area contributed by atoms with Crippen molar-refractivity contribution in [3.8, 4) is 0 Å². The van der Waals surface area contributed by atoms with Crippen molar-refractivity contribution in [3.63, 3.8) is 0 Å². The van der Waals surface area contributed by atoms with Crippen LogP contribution in [-0.2, 0) is 10.0 Å². The van der Waals surface area contributed by atoms with Crippen LogP contribution >= 0.6 is 23.2 Å². The Kier molecular flexibility index (Phi) is 5.69. The molecule has 1 aromatic rings. The van der Waals surface area contributed by atoms with E-state index < -0.39 is 10.0 Å². The van der Waals surface area contributed by atoms with Gasteiger partial charge in [-0.05, 0) is 56.5 Å². The van der Waals surface area contributed by atoms with Crippen molar-refractivity contribution in [1.82, 2.24) is 10.0 Å². The monoisotopic (exact) mass is 336 g/mol. The van der Waals surface area contributed by atoms with Gasteiger partial charge in [0.2, 0.25) is 10.0 Å². The van der Waals surface area contributed by atoms with Gasteiger partial charge >= 0.3 is 0 Å². The molecule has 112 valence electrons. The topological polar surface area (TPSA) is 58.2 Å². The molecule has 1 unspecified atom stereocenters. The summed E-state index contributed by atoms with van der Waals surface area (Å²) in [6, 6.07) is 4.31. The van der Waals surface area contributed by atoms with Crippen LogP contribution in [0.15, 0.2) is 23.1 Å². The molecule has 4 nitrogen and oxygen atoms in total. The molecular formula is C13H18Cl2N2O2S. The second-order valence-corrected chi connectivity index (χ2v) is 7.64. The second kappa shape index (κ2) is 7.09. The zero-order valence-corrected chi connectivity index (χ0v) is 13.4. The molecule has 1 fully saturated rings. The fourth-order valence-corrected chi connectivity index (χ4v) is 4.11. The van der Waals surface area contributed by atoms with E-state index in [0.29, 0.717) is 22.5 Å². The maximum atomic E-state index is 12.1. The summed E-state index contributed by atoms with van der Waals surface area (Å²) in [4.78, 5) is 0.108. The summed E-state index contributed by atoms with van der Waals surface area (Å²) >= 11 is 11.7. The van der Waals surface area contributed by atoms with Crippen LogP contribution in [0.4, 0.5) is 0 Å². The number of hydrogen-bond acceptors (Lipinski definition) is 3. The molecule has 0 radical (unpaired) electrons. The first-order valence-corrected chi connectivity index (χ1v) is 8.88. The smallest absolute Gasteiger partial charge is 0.240 e. The number of hydrogen-bond donors (Lipinski definition) is 2. The molecule has 0 aliphatic carbocycles. The van der Waals surface area contributed by atoms with E-state index in [2.05, 4.69) is 10.0 Å². The average molecular weight is 337 g/mol. The highest BCUT2D eigenvalue weighted by atomic mass is 35.5. The third kappa shape index (κ3) is 4.60. The molecule has 1 saturated heterocycles. The van der Waals surface area contributed by atoms with Gasteiger partial charge in [-0.2, -0.15) is 0 Å². The van der Waals surface area contributed by atoms with E-state index in [1.54, 1.807) is 0 Å². The Hall–Kier alpha value is -0.330. The summed E-state index contributed by atoms with van der Waals surface area (Å²) in [5.41, 5.74) is 0. The Morgan fingerprint density at radius 3 is 2.55 bits per heavy atom. The van der Waals surface area contributed by atoms with Gasteiger partial charge in [-0.3, -0.25) is 0 Å². The zero-order valence-electron chi connectivity index (χ0n) is 11.0. The normalized spacial score (nSPS) is 20.0. The lowest BCUT2D eigenvalue weighted by Gasteiger charge is -2.22. The number of rotatable bonds is 5. The summed E-state index contributed by atoms with van der Waals surface area (Å²) in [7, 11) is -3.55. The Balaban J connectivity index is 1.93. The van der Waals surface area contributed by atoms with Crippen LogP contribution in [0.1, 0.15) is 19.3 Å². The van der Waals surface area contributed by atoms with Crippen LogP contribution in [-0.4, -0.2) is 28.1 Å². The summed E-state index contributed by atoms with van der Waals surface area (Å²) in [5.74, 6) is 0.536. The third-order valence-electron chi connectivity index (χ3n) is 3.39. The van der Waals surface area contributed by atoms with Crippen molar-refractivity contribution in [3.05, 3.63) is 28.2 Å². The van der Waals surface area contributed by atoms with E-state index in [-0.39, 0.29) is 4.90 Å². The Morgan fingerprint density at radius 1 is 1.25 bits per heavy atom. The van der Waals surface area contributed by atoms with Gasteiger partial charge in [0, 0.05) is 16.6 Å². The molecule has 0 saturated carbocycles. The molecule has 0 amide bonds. The highest BCUT2D eigenvalue weighted by molar-refractivity contribution is 7.89. The minimum Gasteiger partial charge on any atom is -0.316 e. The lowest BCUT2D eigenvalue weighted by molar-refractivity contribution is 0.358. The molecule has 1 atom stereocenters. The summed E-state index contributed by atoms with van der Waals surface area (Å²) in [6.07, 6.45) is 3.14. The SMILES string of the molecule is O=S(=O)(NCCC1CCCNC1)c1cc(Cl)cc(Cl)c1. The maximum absolute atomic E-state index is 12.1. The van der Waals surface area contributed by atoms with Crippen LogP contribution in [0.25, 0.3) is 0 Å². The van der Waals surface area contributed by atoms with Crippen LogP contribution in [0.5, 0.6) is 0 Å². The highest BCUT2D eigenvalue weighted by Crippen LogP contribution is 2.22. The number of halogens is 2. The summed E-state index contributed by atoms with van der Waals surface area (Å²) in [5, 5.41) is 3.95. The van der Waals surface area contributed by atoms with Crippen molar-refractivity contribution >= 4 is 33.2 Å². The maximum Gasteiger partial charge on any atom is 0.240 e. The van der Waals surface area contributed by atoms with Gasteiger partial charge < -0.3 is 5.32 Å². The van der Waals surface area contributed by atoms with Crippen LogP contribution in [0.3, 0.4) is 0 Å². The third-order valence-corrected chi connectivity index (χ3v) is 5.27. The number of piperidine rings is 1. The Labute approximate surface area is 129 Å². The lowest BCUT2D eigenvalue weighted by atomic mass is 9.96. The molecule has 1 heterocycles. The quantitative estimate of drug-likeness (QED) is 0.868. The molecule has 1 aliphatic heterocycles. The molecule has 0 spiro atoms. The fourth-order valence-electron chi connectivity index (χ4n) is 2.33. The van der Waals surface area contributed by atoms with Gasteiger partial charge in [0.25, 0.3) is 0 Å². The number of sulfonamides is 1. The number of benzene rings is 1. The van der Waals surface area contributed by atoms with Crippen molar-refractivity contribution in [1.29, 1.82) is 0 Å². The summed E-state index contributed by atoms with van der Waals surface area (Å²) < 4.78 is 26.9. The molecule has 2 rings (SSSR count).